The topological polar surface area (TPSA) is 38.3 Å². The Hall–Kier alpha value is -1.58. The average Bonchev–Trinajstić information content (AvgIpc) is 2.45. The van der Waals surface area contributed by atoms with Crippen LogP contribution < -0.4 is 5.32 Å². The Bertz CT molecular complexity index is 434. The standard InChI is InChI=1S/C16H24FNO2/c1-4-5-6-7-8-12(2)18-13-9-10-15(17)14(11-13)16(19)20-3/h9-12,18H,4-8H2,1-3H3. The summed E-state index contributed by atoms with van der Waals surface area (Å²) in [6, 6.07) is 4.73. The van der Waals surface area contributed by atoms with E-state index in [9.17, 15) is 9.18 Å². The van der Waals surface area contributed by atoms with Crippen molar-refractivity contribution in [1.82, 2.24) is 0 Å². The average molecular weight is 281 g/mol. The van der Waals surface area contributed by atoms with E-state index in [0.29, 0.717) is 6.04 Å². The molecule has 0 aliphatic rings. The summed E-state index contributed by atoms with van der Waals surface area (Å²) in [5.74, 6) is -1.21. The molecule has 20 heavy (non-hydrogen) atoms. The van der Waals surface area contributed by atoms with Crippen molar-refractivity contribution in [3.05, 3.63) is 29.6 Å². The first kappa shape index (κ1) is 16.5. The number of halogens is 1. The van der Waals surface area contributed by atoms with Gasteiger partial charge in [0.15, 0.2) is 0 Å². The highest BCUT2D eigenvalue weighted by atomic mass is 19.1. The summed E-state index contributed by atoms with van der Waals surface area (Å²) in [6.07, 6.45) is 5.95. The molecule has 0 spiro atoms. The van der Waals surface area contributed by atoms with Gasteiger partial charge >= 0.3 is 5.97 Å². The summed E-state index contributed by atoms with van der Waals surface area (Å²) in [4.78, 5) is 11.4. The van der Waals surface area contributed by atoms with E-state index in [1.165, 1.54) is 44.9 Å². The highest BCUT2D eigenvalue weighted by Gasteiger charge is 2.13. The van der Waals surface area contributed by atoms with Gasteiger partial charge in [0.05, 0.1) is 12.7 Å². The Morgan fingerprint density at radius 1 is 1.35 bits per heavy atom. The van der Waals surface area contributed by atoms with Gasteiger partial charge in [0.1, 0.15) is 5.82 Å². The first-order valence-electron chi connectivity index (χ1n) is 7.22. The fourth-order valence-electron chi connectivity index (χ4n) is 2.12. The van der Waals surface area contributed by atoms with Crippen LogP contribution in [0, 0.1) is 5.82 Å². The molecule has 1 rings (SSSR count). The Kier molecular flexibility index (Phi) is 7.05. The summed E-state index contributed by atoms with van der Waals surface area (Å²) in [5, 5.41) is 3.29. The van der Waals surface area contributed by atoms with Crippen molar-refractivity contribution >= 4 is 11.7 Å². The lowest BCUT2D eigenvalue weighted by atomic mass is 10.1. The number of benzene rings is 1. The van der Waals surface area contributed by atoms with Crippen molar-refractivity contribution in [2.75, 3.05) is 12.4 Å². The Balaban J connectivity index is 2.57. The van der Waals surface area contributed by atoms with Crippen LogP contribution in [0.25, 0.3) is 0 Å². The molecule has 1 unspecified atom stereocenters. The maximum absolute atomic E-state index is 13.5. The number of ether oxygens (including phenoxy) is 1. The molecule has 0 fully saturated rings. The lowest BCUT2D eigenvalue weighted by Crippen LogP contribution is -2.15. The second-order valence-corrected chi connectivity index (χ2v) is 5.08. The van der Waals surface area contributed by atoms with Gasteiger partial charge in [-0.15, -0.1) is 0 Å². The van der Waals surface area contributed by atoms with E-state index >= 15 is 0 Å². The van der Waals surface area contributed by atoms with Crippen LogP contribution in [0.5, 0.6) is 0 Å². The number of methoxy groups -OCH3 is 1. The van der Waals surface area contributed by atoms with Gasteiger partial charge < -0.3 is 10.1 Å². The summed E-state index contributed by atoms with van der Waals surface area (Å²) in [7, 11) is 1.25. The third kappa shape index (κ3) is 5.19. The van der Waals surface area contributed by atoms with Crippen molar-refractivity contribution in [2.24, 2.45) is 0 Å². The number of hydrogen-bond donors (Lipinski definition) is 1. The molecule has 0 bridgehead atoms. The predicted octanol–water partition coefficient (Wildman–Crippen LogP) is 4.38. The molecule has 1 aromatic carbocycles. The number of unbranched alkanes of at least 4 members (excludes halogenated alkanes) is 3. The molecule has 0 aliphatic heterocycles. The van der Waals surface area contributed by atoms with Gasteiger partial charge in [-0.1, -0.05) is 32.6 Å². The zero-order valence-electron chi connectivity index (χ0n) is 12.5. The minimum Gasteiger partial charge on any atom is -0.465 e. The zero-order chi connectivity index (χ0) is 15.0. The molecule has 0 heterocycles. The van der Waals surface area contributed by atoms with Crippen LogP contribution in [0.2, 0.25) is 0 Å². The van der Waals surface area contributed by atoms with Gasteiger partial charge in [-0.3, -0.25) is 0 Å². The summed E-state index contributed by atoms with van der Waals surface area (Å²) in [5.41, 5.74) is 0.713. The van der Waals surface area contributed by atoms with E-state index in [4.69, 9.17) is 0 Å². The van der Waals surface area contributed by atoms with Gasteiger partial charge in [-0.25, -0.2) is 9.18 Å². The van der Waals surface area contributed by atoms with E-state index in [1.54, 1.807) is 6.07 Å². The van der Waals surface area contributed by atoms with Crippen molar-refractivity contribution in [3.8, 4) is 0 Å². The van der Waals surface area contributed by atoms with E-state index in [0.717, 1.165) is 12.1 Å². The molecule has 0 aromatic heterocycles. The molecular weight excluding hydrogens is 257 g/mol. The van der Waals surface area contributed by atoms with Gasteiger partial charge in [0.25, 0.3) is 0 Å². The number of esters is 1. The smallest absolute Gasteiger partial charge is 0.340 e. The molecule has 4 heteroatoms. The Labute approximate surface area is 120 Å². The van der Waals surface area contributed by atoms with Crippen LogP contribution >= 0.6 is 0 Å². The van der Waals surface area contributed by atoms with Crippen LogP contribution in [0.1, 0.15) is 56.3 Å². The van der Waals surface area contributed by atoms with Crippen LogP contribution in [0.4, 0.5) is 10.1 Å². The molecule has 3 nitrogen and oxygen atoms in total. The summed E-state index contributed by atoms with van der Waals surface area (Å²) >= 11 is 0. The first-order valence-corrected chi connectivity index (χ1v) is 7.22. The van der Waals surface area contributed by atoms with E-state index in [-0.39, 0.29) is 5.56 Å². The minimum absolute atomic E-state index is 0.0318. The molecule has 0 aliphatic carbocycles. The normalized spacial score (nSPS) is 12.0. The quantitative estimate of drug-likeness (QED) is 0.567. The van der Waals surface area contributed by atoms with Crippen LogP contribution in [-0.2, 0) is 4.74 Å². The summed E-state index contributed by atoms with van der Waals surface area (Å²) in [6.45, 7) is 4.28. The maximum Gasteiger partial charge on any atom is 0.340 e. The van der Waals surface area contributed by atoms with Crippen LogP contribution in [-0.4, -0.2) is 19.1 Å². The Morgan fingerprint density at radius 2 is 2.10 bits per heavy atom. The number of carbonyl (C=O) groups is 1. The fraction of sp³-hybridized carbons (Fsp3) is 0.562. The highest BCUT2D eigenvalue weighted by Crippen LogP contribution is 2.18. The summed E-state index contributed by atoms with van der Waals surface area (Å²) < 4.78 is 18.1. The predicted molar refractivity (Wildman–Crippen MR) is 79.6 cm³/mol. The molecular formula is C16H24FNO2. The van der Waals surface area contributed by atoms with E-state index in [1.807, 2.05) is 0 Å². The molecule has 0 amide bonds. The number of carbonyl (C=O) groups excluding carboxylic acids is 1. The second kappa shape index (κ2) is 8.56. The van der Waals surface area contributed by atoms with E-state index in [2.05, 4.69) is 23.9 Å². The molecule has 1 atom stereocenters. The minimum atomic E-state index is -0.651. The van der Waals surface area contributed by atoms with Gasteiger partial charge in [-0.05, 0) is 31.5 Å². The lowest BCUT2D eigenvalue weighted by Gasteiger charge is -2.16. The molecule has 0 saturated heterocycles. The van der Waals surface area contributed by atoms with E-state index < -0.39 is 11.8 Å². The largest absolute Gasteiger partial charge is 0.465 e. The molecule has 1 aromatic rings. The number of anilines is 1. The second-order valence-electron chi connectivity index (χ2n) is 5.08. The third-order valence-electron chi connectivity index (χ3n) is 3.28. The molecule has 0 saturated carbocycles. The van der Waals surface area contributed by atoms with Crippen molar-refractivity contribution in [1.29, 1.82) is 0 Å². The van der Waals surface area contributed by atoms with Gasteiger partial charge in [0, 0.05) is 11.7 Å². The molecule has 112 valence electrons. The molecule has 1 N–H and O–H groups in total. The Morgan fingerprint density at radius 3 is 2.75 bits per heavy atom. The maximum atomic E-state index is 13.5. The lowest BCUT2D eigenvalue weighted by molar-refractivity contribution is 0.0595. The van der Waals surface area contributed by atoms with Gasteiger partial charge in [-0.2, -0.15) is 0 Å². The van der Waals surface area contributed by atoms with Crippen molar-refractivity contribution in [3.63, 3.8) is 0 Å². The van der Waals surface area contributed by atoms with Crippen molar-refractivity contribution < 1.29 is 13.9 Å². The first-order chi connectivity index (χ1) is 9.58. The van der Waals surface area contributed by atoms with Crippen LogP contribution in [0.15, 0.2) is 18.2 Å². The van der Waals surface area contributed by atoms with Crippen LogP contribution in [0.3, 0.4) is 0 Å². The molecule has 0 radical (unpaired) electrons. The fourth-order valence-corrected chi connectivity index (χ4v) is 2.12. The number of rotatable bonds is 8. The number of hydrogen-bond acceptors (Lipinski definition) is 3. The number of nitrogens with one attached hydrogen (secondary N) is 1. The highest BCUT2D eigenvalue weighted by molar-refractivity contribution is 5.90. The SMILES string of the molecule is CCCCCCC(C)Nc1ccc(F)c(C(=O)OC)c1. The van der Waals surface area contributed by atoms with Crippen molar-refractivity contribution in [2.45, 2.75) is 52.0 Å². The monoisotopic (exact) mass is 281 g/mol. The van der Waals surface area contributed by atoms with Gasteiger partial charge in [0.2, 0.25) is 0 Å². The third-order valence-corrected chi connectivity index (χ3v) is 3.28. The zero-order valence-corrected chi connectivity index (χ0v) is 12.5.